The number of aromatic nitrogens is 2. The number of nitrogens with one attached hydrogen (secondary N) is 1. The molecule has 2 aromatic heterocycles. The number of carbonyl (C=O) groups excluding carboxylic acids is 1. The van der Waals surface area contributed by atoms with Crippen LogP contribution in [-0.4, -0.2) is 22.4 Å². The van der Waals surface area contributed by atoms with Crippen LogP contribution >= 0.6 is 11.6 Å². The number of nitrogens with zero attached hydrogens (tertiary/aromatic N) is 2. The van der Waals surface area contributed by atoms with Crippen molar-refractivity contribution in [3.05, 3.63) is 70.6 Å². The second kappa shape index (κ2) is 7.50. The monoisotopic (exact) mass is 394 g/mol. The standard InChI is InChI=1S/C18H14ClF3N4O/c19-13-4-3-10(8-12(13)18(20,21)22)14(23)9-26-17(27)16-11-2-1-6-24-15(11)5-7-25-16/h1-8,14H,9,23H2,(H,26,27). The quantitative estimate of drug-likeness (QED) is 0.706. The van der Waals surface area contributed by atoms with E-state index in [1.165, 1.54) is 12.3 Å². The normalized spacial score (nSPS) is 12.8. The molecular weight excluding hydrogens is 381 g/mol. The summed E-state index contributed by atoms with van der Waals surface area (Å²) in [6.07, 6.45) is -1.53. The Morgan fingerprint density at radius 1 is 1.19 bits per heavy atom. The molecule has 1 aromatic carbocycles. The lowest BCUT2D eigenvalue weighted by Crippen LogP contribution is -2.32. The molecule has 0 saturated heterocycles. The van der Waals surface area contributed by atoms with Crippen LogP contribution in [0, 0.1) is 0 Å². The zero-order valence-corrected chi connectivity index (χ0v) is 14.6. The number of hydrogen-bond acceptors (Lipinski definition) is 4. The van der Waals surface area contributed by atoms with Crippen molar-refractivity contribution in [1.82, 2.24) is 15.3 Å². The topological polar surface area (TPSA) is 80.9 Å². The lowest BCUT2D eigenvalue weighted by molar-refractivity contribution is -0.137. The number of rotatable bonds is 4. The first-order chi connectivity index (χ1) is 12.8. The summed E-state index contributed by atoms with van der Waals surface area (Å²) in [7, 11) is 0. The first kappa shape index (κ1) is 19.1. The maximum Gasteiger partial charge on any atom is 0.417 e. The van der Waals surface area contributed by atoms with Crippen molar-refractivity contribution in [1.29, 1.82) is 0 Å². The van der Waals surface area contributed by atoms with E-state index < -0.39 is 28.7 Å². The van der Waals surface area contributed by atoms with Gasteiger partial charge in [-0.25, -0.2) is 0 Å². The Bertz CT molecular complexity index is 988. The van der Waals surface area contributed by atoms with Crippen LogP contribution in [0.2, 0.25) is 5.02 Å². The van der Waals surface area contributed by atoms with Gasteiger partial charge in [-0.15, -0.1) is 0 Å². The Balaban J connectivity index is 1.76. The number of fused-ring (bicyclic) bond motifs is 1. The van der Waals surface area contributed by atoms with E-state index in [1.54, 1.807) is 24.4 Å². The van der Waals surface area contributed by atoms with E-state index in [0.29, 0.717) is 10.9 Å². The van der Waals surface area contributed by atoms with Gasteiger partial charge in [-0.1, -0.05) is 17.7 Å². The minimum Gasteiger partial charge on any atom is -0.349 e. The molecule has 0 aliphatic carbocycles. The van der Waals surface area contributed by atoms with Crippen LogP contribution in [0.25, 0.3) is 10.9 Å². The molecule has 2 heterocycles. The molecular formula is C18H14ClF3N4O. The van der Waals surface area contributed by atoms with Crippen molar-refractivity contribution >= 4 is 28.4 Å². The molecule has 9 heteroatoms. The second-order valence-corrected chi connectivity index (χ2v) is 6.19. The van der Waals surface area contributed by atoms with Crippen molar-refractivity contribution in [2.24, 2.45) is 5.73 Å². The molecule has 3 rings (SSSR count). The fourth-order valence-corrected chi connectivity index (χ4v) is 2.80. The predicted molar refractivity (Wildman–Crippen MR) is 95.3 cm³/mol. The van der Waals surface area contributed by atoms with Gasteiger partial charge in [-0.2, -0.15) is 13.2 Å². The third kappa shape index (κ3) is 4.17. The number of halogens is 4. The summed E-state index contributed by atoms with van der Waals surface area (Å²) in [6, 6.07) is 7.63. The largest absolute Gasteiger partial charge is 0.417 e. The fraction of sp³-hybridized carbons (Fsp3) is 0.167. The van der Waals surface area contributed by atoms with Crippen molar-refractivity contribution < 1.29 is 18.0 Å². The first-order valence-corrected chi connectivity index (χ1v) is 8.25. The number of amides is 1. The Hall–Kier alpha value is -2.71. The smallest absolute Gasteiger partial charge is 0.349 e. The Morgan fingerprint density at radius 3 is 2.70 bits per heavy atom. The average molecular weight is 395 g/mol. The van der Waals surface area contributed by atoms with Gasteiger partial charge in [0.1, 0.15) is 5.69 Å². The minimum atomic E-state index is -4.59. The van der Waals surface area contributed by atoms with Gasteiger partial charge in [-0.05, 0) is 35.9 Å². The molecule has 1 atom stereocenters. The van der Waals surface area contributed by atoms with Crippen molar-refractivity contribution in [2.45, 2.75) is 12.2 Å². The van der Waals surface area contributed by atoms with Crippen LogP contribution in [0.4, 0.5) is 13.2 Å². The van der Waals surface area contributed by atoms with Crippen LogP contribution in [0.5, 0.6) is 0 Å². The van der Waals surface area contributed by atoms with Crippen LogP contribution in [0.3, 0.4) is 0 Å². The van der Waals surface area contributed by atoms with E-state index in [4.69, 9.17) is 17.3 Å². The van der Waals surface area contributed by atoms with E-state index in [1.807, 2.05) is 0 Å². The SMILES string of the molecule is NC(CNC(=O)c1nccc2ncccc12)c1ccc(Cl)c(C(F)(F)F)c1. The predicted octanol–water partition coefficient (Wildman–Crippen LogP) is 3.73. The maximum absolute atomic E-state index is 13.0. The van der Waals surface area contributed by atoms with Crippen LogP contribution in [0.1, 0.15) is 27.7 Å². The Labute approximate surface area is 157 Å². The van der Waals surface area contributed by atoms with Gasteiger partial charge in [0, 0.05) is 30.4 Å². The van der Waals surface area contributed by atoms with E-state index in [0.717, 1.165) is 12.1 Å². The summed E-state index contributed by atoms with van der Waals surface area (Å²) in [4.78, 5) is 20.6. The number of hydrogen-bond donors (Lipinski definition) is 2. The van der Waals surface area contributed by atoms with Crippen molar-refractivity contribution in [2.75, 3.05) is 6.54 Å². The minimum absolute atomic E-state index is 0.0733. The third-order valence-electron chi connectivity index (χ3n) is 3.95. The highest BCUT2D eigenvalue weighted by atomic mass is 35.5. The van der Waals surface area contributed by atoms with Crippen LogP contribution < -0.4 is 11.1 Å². The van der Waals surface area contributed by atoms with E-state index >= 15 is 0 Å². The summed E-state index contributed by atoms with van der Waals surface area (Å²) >= 11 is 5.60. The summed E-state index contributed by atoms with van der Waals surface area (Å²) in [5, 5.41) is 2.75. The number of benzene rings is 1. The van der Waals surface area contributed by atoms with E-state index in [9.17, 15) is 18.0 Å². The number of carbonyl (C=O) groups is 1. The van der Waals surface area contributed by atoms with Gasteiger partial charge >= 0.3 is 6.18 Å². The molecule has 1 unspecified atom stereocenters. The lowest BCUT2D eigenvalue weighted by Gasteiger charge is -2.16. The Kier molecular flexibility index (Phi) is 5.29. The van der Waals surface area contributed by atoms with Gasteiger partial charge in [0.2, 0.25) is 0 Å². The molecule has 0 radical (unpaired) electrons. The molecule has 1 amide bonds. The third-order valence-corrected chi connectivity index (χ3v) is 4.28. The Morgan fingerprint density at radius 2 is 1.96 bits per heavy atom. The number of pyridine rings is 2. The highest BCUT2D eigenvalue weighted by Gasteiger charge is 2.33. The highest BCUT2D eigenvalue weighted by molar-refractivity contribution is 6.31. The first-order valence-electron chi connectivity index (χ1n) is 7.87. The number of alkyl halides is 3. The van der Waals surface area contributed by atoms with E-state index in [-0.39, 0.29) is 17.8 Å². The number of nitrogens with two attached hydrogens (primary N) is 1. The van der Waals surface area contributed by atoms with Crippen molar-refractivity contribution in [3.8, 4) is 0 Å². The molecule has 0 spiro atoms. The molecule has 3 aromatic rings. The summed E-state index contributed by atoms with van der Waals surface area (Å²) in [5.74, 6) is -0.492. The zero-order valence-electron chi connectivity index (χ0n) is 13.8. The van der Waals surface area contributed by atoms with Gasteiger partial charge in [0.25, 0.3) is 5.91 Å². The van der Waals surface area contributed by atoms with E-state index in [2.05, 4.69) is 15.3 Å². The summed E-state index contributed by atoms with van der Waals surface area (Å²) in [6.45, 7) is -0.0733. The highest BCUT2D eigenvalue weighted by Crippen LogP contribution is 2.35. The summed E-state index contributed by atoms with van der Waals surface area (Å²) in [5.41, 5.74) is 5.95. The second-order valence-electron chi connectivity index (χ2n) is 5.78. The lowest BCUT2D eigenvalue weighted by atomic mass is 10.0. The fourth-order valence-electron chi connectivity index (χ4n) is 2.58. The van der Waals surface area contributed by atoms with Crippen LogP contribution in [0.15, 0.2) is 48.8 Å². The molecule has 0 aliphatic heterocycles. The van der Waals surface area contributed by atoms with Crippen LogP contribution in [-0.2, 0) is 6.18 Å². The molecule has 3 N–H and O–H groups in total. The summed E-state index contributed by atoms with van der Waals surface area (Å²) < 4.78 is 38.9. The molecule has 0 saturated carbocycles. The van der Waals surface area contributed by atoms with Gasteiger partial charge in [-0.3, -0.25) is 14.8 Å². The molecule has 0 aliphatic rings. The average Bonchev–Trinajstić information content (AvgIpc) is 2.64. The molecule has 0 bridgehead atoms. The molecule has 140 valence electrons. The molecule has 0 fully saturated rings. The van der Waals surface area contributed by atoms with Gasteiger partial charge in [0.05, 0.1) is 16.1 Å². The van der Waals surface area contributed by atoms with Gasteiger partial charge in [0.15, 0.2) is 0 Å². The van der Waals surface area contributed by atoms with Gasteiger partial charge < -0.3 is 11.1 Å². The zero-order chi connectivity index (χ0) is 19.6. The molecule has 27 heavy (non-hydrogen) atoms. The molecule has 5 nitrogen and oxygen atoms in total. The van der Waals surface area contributed by atoms with Crippen molar-refractivity contribution in [3.63, 3.8) is 0 Å². The maximum atomic E-state index is 13.0.